The van der Waals surface area contributed by atoms with E-state index in [-0.39, 0.29) is 24.0 Å². The molecule has 252 valence electrons. The third-order valence-corrected chi connectivity index (χ3v) is 8.93. The number of para-hydroxylation sites is 2. The van der Waals surface area contributed by atoms with Gasteiger partial charge in [0.2, 0.25) is 10.0 Å². The zero-order chi connectivity index (χ0) is 34.9. The van der Waals surface area contributed by atoms with Crippen molar-refractivity contribution in [3.05, 3.63) is 143 Å². The molecule has 50 heavy (non-hydrogen) atoms. The number of ether oxygens (including phenoxy) is 2. The number of hydrogen-bond acceptors (Lipinski definition) is 10. The van der Waals surface area contributed by atoms with E-state index in [2.05, 4.69) is 15.5 Å². The molecular formula is C36H29N5O7S2. The molecule has 1 aromatic heterocycles. The number of rotatable bonds is 12. The molecule has 2 heterocycles. The second-order valence-corrected chi connectivity index (χ2v) is 13.2. The van der Waals surface area contributed by atoms with Crippen LogP contribution in [0.3, 0.4) is 0 Å². The van der Waals surface area contributed by atoms with Crippen LogP contribution in [0.2, 0.25) is 0 Å². The summed E-state index contributed by atoms with van der Waals surface area (Å²) in [5, 5.41) is 16.8. The summed E-state index contributed by atoms with van der Waals surface area (Å²) in [4.78, 5) is 28.0. The van der Waals surface area contributed by atoms with Gasteiger partial charge in [0, 0.05) is 11.3 Å². The third kappa shape index (κ3) is 8.93. The molecule has 14 heteroatoms. The lowest BCUT2D eigenvalue weighted by atomic mass is 10.2. The molecule has 6 rings (SSSR count). The maximum absolute atomic E-state index is 13.7. The Morgan fingerprint density at radius 1 is 0.920 bits per heavy atom. The number of hydrogen-bond donors (Lipinski definition) is 2. The molecule has 5 aromatic rings. The fourth-order valence-corrected chi connectivity index (χ4v) is 6.09. The largest absolute Gasteiger partial charge is 0.483 e. The highest BCUT2D eigenvalue weighted by molar-refractivity contribution is 8.18. The fraction of sp³-hybridized carbons (Fsp3) is 0.0556. The number of sulfonamides is 1. The Morgan fingerprint density at radius 3 is 2.44 bits per heavy atom. The Labute approximate surface area is 292 Å². The minimum absolute atomic E-state index is 0.0739. The Balaban J connectivity index is 1.17. The molecule has 0 aliphatic carbocycles. The van der Waals surface area contributed by atoms with Gasteiger partial charge in [0.05, 0.1) is 28.8 Å². The Hall–Kier alpha value is -5.96. The molecule has 12 nitrogen and oxygen atoms in total. The topological polar surface area (TPSA) is 166 Å². The van der Waals surface area contributed by atoms with E-state index in [1.165, 1.54) is 35.4 Å². The highest BCUT2D eigenvalue weighted by atomic mass is 32.2. The van der Waals surface area contributed by atoms with Crippen molar-refractivity contribution in [1.82, 2.24) is 4.90 Å². The van der Waals surface area contributed by atoms with Crippen LogP contribution in [0.25, 0.3) is 6.08 Å². The maximum atomic E-state index is 13.7. The monoisotopic (exact) mass is 707 g/mol. The smallest absolute Gasteiger partial charge is 0.267 e. The minimum atomic E-state index is -3.85. The summed E-state index contributed by atoms with van der Waals surface area (Å²) in [5.41, 5.74) is 1.68. The van der Waals surface area contributed by atoms with Crippen molar-refractivity contribution in [2.24, 2.45) is 15.3 Å². The molecule has 0 saturated carbocycles. The van der Waals surface area contributed by atoms with Gasteiger partial charge in [0.15, 0.2) is 11.8 Å². The van der Waals surface area contributed by atoms with E-state index in [0.717, 1.165) is 17.3 Å². The van der Waals surface area contributed by atoms with Crippen molar-refractivity contribution in [2.45, 2.75) is 11.4 Å². The predicted octanol–water partition coefficient (Wildman–Crippen LogP) is 6.24. The summed E-state index contributed by atoms with van der Waals surface area (Å²) < 4.78 is 40.2. The number of benzene rings is 4. The Morgan fingerprint density at radius 2 is 1.68 bits per heavy atom. The van der Waals surface area contributed by atoms with Gasteiger partial charge in [-0.3, -0.25) is 14.5 Å². The SMILES string of the molecule is NS(=O)(=O)c1ccc(NC(=O)COc2ccccc2/C=C2\S/C(=N\N=C\c3cccc(Oc4ccccc4)c3)N(Cc3ccco3)C2=O)cc1. The average Bonchev–Trinajstić information content (AvgIpc) is 3.73. The highest BCUT2D eigenvalue weighted by Crippen LogP contribution is 2.35. The Bertz CT molecular complexity index is 2190. The van der Waals surface area contributed by atoms with Gasteiger partial charge < -0.3 is 19.2 Å². The summed E-state index contributed by atoms with van der Waals surface area (Å²) >= 11 is 1.14. The molecule has 0 radical (unpaired) electrons. The lowest BCUT2D eigenvalue weighted by Crippen LogP contribution is -2.28. The van der Waals surface area contributed by atoms with E-state index in [0.29, 0.717) is 44.3 Å². The predicted molar refractivity (Wildman–Crippen MR) is 191 cm³/mol. The number of carbonyl (C=O) groups excluding carboxylic acids is 2. The zero-order valence-electron chi connectivity index (χ0n) is 26.2. The van der Waals surface area contributed by atoms with Crippen LogP contribution >= 0.6 is 11.8 Å². The summed E-state index contributed by atoms with van der Waals surface area (Å²) in [6, 6.07) is 32.7. The van der Waals surface area contributed by atoms with Crippen molar-refractivity contribution >= 4 is 56.7 Å². The molecule has 0 atom stereocenters. The first-order valence-electron chi connectivity index (χ1n) is 15.0. The van der Waals surface area contributed by atoms with Gasteiger partial charge in [-0.05, 0) is 90.1 Å². The molecule has 1 aliphatic rings. The van der Waals surface area contributed by atoms with Crippen LogP contribution in [0, 0.1) is 0 Å². The summed E-state index contributed by atoms with van der Waals surface area (Å²) in [7, 11) is -3.85. The molecule has 4 aromatic carbocycles. The molecule has 1 aliphatic heterocycles. The van der Waals surface area contributed by atoms with Gasteiger partial charge in [-0.1, -0.05) is 48.5 Å². The van der Waals surface area contributed by atoms with Crippen LogP contribution in [0.5, 0.6) is 17.2 Å². The number of furan rings is 1. The third-order valence-electron chi connectivity index (χ3n) is 7.00. The van der Waals surface area contributed by atoms with E-state index < -0.39 is 15.9 Å². The van der Waals surface area contributed by atoms with Crippen LogP contribution < -0.4 is 19.9 Å². The fourth-order valence-electron chi connectivity index (χ4n) is 4.65. The number of amidine groups is 1. The van der Waals surface area contributed by atoms with E-state index in [4.69, 9.17) is 19.0 Å². The van der Waals surface area contributed by atoms with Gasteiger partial charge in [-0.25, -0.2) is 13.6 Å². The van der Waals surface area contributed by atoms with Crippen LogP contribution in [-0.4, -0.2) is 43.1 Å². The second kappa shape index (κ2) is 15.5. The zero-order valence-corrected chi connectivity index (χ0v) is 27.8. The van der Waals surface area contributed by atoms with Crippen molar-refractivity contribution in [2.75, 3.05) is 11.9 Å². The lowest BCUT2D eigenvalue weighted by molar-refractivity contribution is -0.122. The van der Waals surface area contributed by atoms with Crippen molar-refractivity contribution in [3.63, 3.8) is 0 Å². The molecule has 1 fully saturated rings. The number of amides is 2. The number of nitrogens with zero attached hydrogens (tertiary/aromatic N) is 3. The standard InChI is InChI=1S/C36H29N5O7S2/c37-50(44,45)31-17-15-27(16-18-31)39-34(42)24-47-32-14-5-4-9-26(32)21-33-35(43)41(23-30-13-7-19-46-30)36(49-33)40-38-22-25-8-6-12-29(20-25)48-28-10-2-1-3-11-28/h1-22H,23-24H2,(H,39,42)(H2,37,44,45)/b33-21-,38-22+,40-36-. The quantitative estimate of drug-likeness (QED) is 0.0873. The summed E-state index contributed by atoms with van der Waals surface area (Å²) in [6.07, 6.45) is 4.77. The van der Waals surface area contributed by atoms with Gasteiger partial charge in [-0.15, -0.1) is 5.10 Å². The molecule has 0 unspecified atom stereocenters. The molecule has 0 bridgehead atoms. The Kier molecular flexibility index (Phi) is 10.5. The van der Waals surface area contributed by atoms with Crippen molar-refractivity contribution in [3.8, 4) is 17.2 Å². The molecule has 3 N–H and O–H groups in total. The number of nitrogens with one attached hydrogen (secondary N) is 1. The molecular weight excluding hydrogens is 679 g/mol. The highest BCUT2D eigenvalue weighted by Gasteiger charge is 2.34. The van der Waals surface area contributed by atoms with E-state index in [9.17, 15) is 18.0 Å². The van der Waals surface area contributed by atoms with Crippen LogP contribution in [0.15, 0.2) is 146 Å². The normalized spacial score (nSPS) is 14.8. The van der Waals surface area contributed by atoms with Gasteiger partial charge in [0.25, 0.3) is 11.8 Å². The van der Waals surface area contributed by atoms with E-state index in [1.54, 1.807) is 48.7 Å². The number of anilines is 1. The minimum Gasteiger partial charge on any atom is -0.483 e. The van der Waals surface area contributed by atoms with Crippen LogP contribution in [0.1, 0.15) is 16.9 Å². The number of nitrogens with two attached hydrogens (primary N) is 1. The molecule has 2 amide bonds. The number of thioether (sulfide) groups is 1. The van der Waals surface area contributed by atoms with Gasteiger partial charge in [-0.2, -0.15) is 5.10 Å². The van der Waals surface area contributed by atoms with E-state index >= 15 is 0 Å². The lowest BCUT2D eigenvalue weighted by Gasteiger charge is -2.12. The molecule has 1 saturated heterocycles. The second-order valence-electron chi connectivity index (χ2n) is 10.6. The van der Waals surface area contributed by atoms with Gasteiger partial charge in [0.1, 0.15) is 23.0 Å². The van der Waals surface area contributed by atoms with Crippen molar-refractivity contribution < 1.29 is 31.9 Å². The van der Waals surface area contributed by atoms with E-state index in [1.807, 2.05) is 54.6 Å². The first kappa shape index (κ1) is 33.9. The summed E-state index contributed by atoms with van der Waals surface area (Å²) in [6.45, 7) is -0.205. The first-order valence-corrected chi connectivity index (χ1v) is 17.4. The van der Waals surface area contributed by atoms with Crippen LogP contribution in [-0.2, 0) is 26.2 Å². The number of primary sulfonamides is 1. The average molecular weight is 708 g/mol. The molecule has 0 spiro atoms. The number of carbonyl (C=O) groups is 2. The summed E-state index contributed by atoms with van der Waals surface area (Å²) in [5.74, 6) is 1.50. The van der Waals surface area contributed by atoms with Gasteiger partial charge >= 0.3 is 0 Å². The first-order chi connectivity index (χ1) is 24.2. The van der Waals surface area contributed by atoms with Crippen LogP contribution in [0.4, 0.5) is 5.69 Å². The van der Waals surface area contributed by atoms with Crippen molar-refractivity contribution in [1.29, 1.82) is 0 Å². The maximum Gasteiger partial charge on any atom is 0.267 e.